The Bertz CT molecular complexity index is 316. The fourth-order valence-electron chi connectivity index (χ4n) is 1.02. The average Bonchev–Trinajstić information content (AvgIpc) is 2.25. The van der Waals surface area contributed by atoms with Gasteiger partial charge in [-0.25, -0.2) is 9.37 Å². The van der Waals surface area contributed by atoms with Gasteiger partial charge in [-0.2, -0.15) is 0 Å². The number of amides is 1. The van der Waals surface area contributed by atoms with Gasteiger partial charge in [0.2, 0.25) is 0 Å². The number of alkyl halides is 1. The zero-order valence-electron chi connectivity index (χ0n) is 8.17. The van der Waals surface area contributed by atoms with Crippen molar-refractivity contribution in [3.63, 3.8) is 0 Å². The molecule has 0 unspecified atom stereocenters. The lowest BCUT2D eigenvalue weighted by molar-refractivity contribution is 0.0948. The van der Waals surface area contributed by atoms with E-state index in [0.29, 0.717) is 12.4 Å². The third-order valence-electron chi connectivity index (χ3n) is 1.81. The number of carbonyl (C=O) groups excluding carboxylic acids is 1. The Morgan fingerprint density at radius 2 is 2.27 bits per heavy atom. The fraction of sp³-hybridized carbons (Fsp3) is 0.400. The molecule has 3 nitrogen and oxygen atoms in total. The lowest BCUT2D eigenvalue weighted by Gasteiger charge is -2.03. The molecule has 0 aromatic carbocycles. The molecular formula is C10H12ClFN2O. The van der Waals surface area contributed by atoms with Crippen molar-refractivity contribution in [2.75, 3.05) is 12.4 Å². The number of pyridine rings is 1. The highest BCUT2D eigenvalue weighted by molar-refractivity contribution is 6.17. The predicted octanol–water partition coefficient (Wildman–Crippen LogP) is 1.97. The molecule has 1 rings (SSSR count). The third-order valence-corrected chi connectivity index (χ3v) is 2.07. The summed E-state index contributed by atoms with van der Waals surface area (Å²) in [5.41, 5.74) is 0.224. The summed E-state index contributed by atoms with van der Waals surface area (Å²) in [6.07, 6.45) is 2.71. The van der Waals surface area contributed by atoms with E-state index >= 15 is 0 Å². The highest BCUT2D eigenvalue weighted by Crippen LogP contribution is 1.98. The van der Waals surface area contributed by atoms with Crippen molar-refractivity contribution < 1.29 is 9.18 Å². The molecule has 1 amide bonds. The molecule has 0 atom stereocenters. The van der Waals surface area contributed by atoms with Crippen LogP contribution in [0.2, 0.25) is 0 Å². The van der Waals surface area contributed by atoms with Crippen LogP contribution in [0.3, 0.4) is 0 Å². The zero-order valence-corrected chi connectivity index (χ0v) is 8.93. The summed E-state index contributed by atoms with van der Waals surface area (Å²) in [6.45, 7) is 0.560. The van der Waals surface area contributed by atoms with Gasteiger partial charge in [-0.1, -0.05) is 0 Å². The minimum atomic E-state index is -0.450. The summed E-state index contributed by atoms with van der Waals surface area (Å²) >= 11 is 5.48. The van der Waals surface area contributed by atoms with Gasteiger partial charge < -0.3 is 5.32 Å². The standard InChI is InChI=1S/C10H12ClFN2O/c11-5-1-2-6-13-10(15)9-4-3-8(12)7-14-9/h3-4,7H,1-2,5-6H2,(H,13,15). The number of hydrogen-bond donors (Lipinski definition) is 1. The van der Waals surface area contributed by atoms with Gasteiger partial charge in [-0.05, 0) is 25.0 Å². The highest BCUT2D eigenvalue weighted by atomic mass is 35.5. The summed E-state index contributed by atoms with van der Waals surface area (Å²) in [4.78, 5) is 15.1. The normalized spacial score (nSPS) is 10.0. The predicted molar refractivity (Wildman–Crippen MR) is 56.5 cm³/mol. The minimum absolute atomic E-state index is 0.224. The van der Waals surface area contributed by atoms with Gasteiger partial charge in [-0.15, -0.1) is 11.6 Å². The molecule has 0 fully saturated rings. The van der Waals surface area contributed by atoms with Crippen LogP contribution in [0.15, 0.2) is 18.3 Å². The van der Waals surface area contributed by atoms with Gasteiger partial charge >= 0.3 is 0 Å². The number of aromatic nitrogens is 1. The van der Waals surface area contributed by atoms with Crippen molar-refractivity contribution in [2.24, 2.45) is 0 Å². The smallest absolute Gasteiger partial charge is 0.269 e. The monoisotopic (exact) mass is 230 g/mol. The summed E-state index contributed by atoms with van der Waals surface area (Å²) in [7, 11) is 0. The Balaban J connectivity index is 2.37. The topological polar surface area (TPSA) is 42.0 Å². The number of nitrogens with one attached hydrogen (secondary N) is 1. The van der Waals surface area contributed by atoms with E-state index in [4.69, 9.17) is 11.6 Å². The second-order valence-electron chi connectivity index (χ2n) is 3.01. The largest absolute Gasteiger partial charge is 0.351 e. The Labute approximate surface area is 92.7 Å². The van der Waals surface area contributed by atoms with E-state index in [0.717, 1.165) is 19.0 Å². The summed E-state index contributed by atoms with van der Waals surface area (Å²) in [5.74, 6) is -0.150. The van der Waals surface area contributed by atoms with E-state index in [9.17, 15) is 9.18 Å². The van der Waals surface area contributed by atoms with Crippen LogP contribution < -0.4 is 5.32 Å². The molecule has 0 saturated carbocycles. The van der Waals surface area contributed by atoms with Crippen LogP contribution in [-0.4, -0.2) is 23.3 Å². The zero-order chi connectivity index (χ0) is 11.1. The Morgan fingerprint density at radius 1 is 1.47 bits per heavy atom. The maximum absolute atomic E-state index is 12.5. The second kappa shape index (κ2) is 6.35. The fourth-order valence-corrected chi connectivity index (χ4v) is 1.21. The van der Waals surface area contributed by atoms with E-state index in [-0.39, 0.29) is 11.6 Å². The van der Waals surface area contributed by atoms with Gasteiger partial charge in [-0.3, -0.25) is 4.79 Å². The van der Waals surface area contributed by atoms with Crippen LogP contribution in [0.4, 0.5) is 4.39 Å². The van der Waals surface area contributed by atoms with Gasteiger partial charge in [0, 0.05) is 12.4 Å². The SMILES string of the molecule is O=C(NCCCCCl)c1ccc(F)cn1. The van der Waals surface area contributed by atoms with Crippen molar-refractivity contribution in [2.45, 2.75) is 12.8 Å². The van der Waals surface area contributed by atoms with Crippen LogP contribution in [0.5, 0.6) is 0 Å². The molecule has 1 aromatic rings. The number of carbonyl (C=O) groups is 1. The molecule has 0 bridgehead atoms. The van der Waals surface area contributed by atoms with Gasteiger partial charge in [0.1, 0.15) is 11.5 Å². The first kappa shape index (κ1) is 11.9. The Kier molecular flexibility index (Phi) is 5.04. The van der Waals surface area contributed by atoms with Crippen molar-refractivity contribution in [1.29, 1.82) is 0 Å². The average molecular weight is 231 g/mol. The minimum Gasteiger partial charge on any atom is -0.351 e. The highest BCUT2D eigenvalue weighted by Gasteiger charge is 2.05. The van der Waals surface area contributed by atoms with Crippen LogP contribution in [0.1, 0.15) is 23.3 Å². The Hall–Kier alpha value is -1.16. The molecule has 15 heavy (non-hydrogen) atoms. The Morgan fingerprint density at radius 3 is 2.87 bits per heavy atom. The first-order valence-corrected chi connectivity index (χ1v) is 5.23. The summed E-state index contributed by atoms with van der Waals surface area (Å²) < 4.78 is 12.5. The van der Waals surface area contributed by atoms with Crippen LogP contribution in [0, 0.1) is 5.82 Å². The first-order chi connectivity index (χ1) is 7.24. The lowest BCUT2D eigenvalue weighted by atomic mass is 10.3. The molecule has 1 N–H and O–H groups in total. The van der Waals surface area contributed by atoms with E-state index in [1.807, 2.05) is 0 Å². The molecule has 0 aliphatic rings. The van der Waals surface area contributed by atoms with Crippen LogP contribution >= 0.6 is 11.6 Å². The van der Waals surface area contributed by atoms with E-state index < -0.39 is 5.82 Å². The number of unbranched alkanes of at least 4 members (excludes halogenated alkanes) is 1. The quantitative estimate of drug-likeness (QED) is 0.621. The van der Waals surface area contributed by atoms with Crippen molar-refractivity contribution in [3.8, 4) is 0 Å². The second-order valence-corrected chi connectivity index (χ2v) is 3.39. The van der Waals surface area contributed by atoms with Crippen LogP contribution in [-0.2, 0) is 0 Å². The maximum atomic E-state index is 12.5. The number of halogens is 2. The number of nitrogens with zero attached hydrogens (tertiary/aromatic N) is 1. The molecule has 0 aliphatic heterocycles. The molecule has 0 aliphatic carbocycles. The molecule has 0 spiro atoms. The molecule has 0 radical (unpaired) electrons. The summed E-state index contributed by atoms with van der Waals surface area (Å²) in [6, 6.07) is 2.56. The van der Waals surface area contributed by atoms with E-state index in [2.05, 4.69) is 10.3 Å². The van der Waals surface area contributed by atoms with Gasteiger partial charge in [0.05, 0.1) is 6.20 Å². The first-order valence-electron chi connectivity index (χ1n) is 4.70. The van der Waals surface area contributed by atoms with Gasteiger partial charge in [0.15, 0.2) is 0 Å². The van der Waals surface area contributed by atoms with Crippen LogP contribution in [0.25, 0.3) is 0 Å². The molecule has 1 aromatic heterocycles. The molecular weight excluding hydrogens is 219 g/mol. The molecule has 5 heteroatoms. The molecule has 1 heterocycles. The number of hydrogen-bond acceptors (Lipinski definition) is 2. The van der Waals surface area contributed by atoms with E-state index in [1.54, 1.807) is 0 Å². The molecule has 0 saturated heterocycles. The summed E-state index contributed by atoms with van der Waals surface area (Å²) in [5, 5.41) is 2.67. The molecule has 82 valence electrons. The van der Waals surface area contributed by atoms with E-state index in [1.165, 1.54) is 12.1 Å². The van der Waals surface area contributed by atoms with Crippen molar-refractivity contribution in [1.82, 2.24) is 10.3 Å². The number of rotatable bonds is 5. The maximum Gasteiger partial charge on any atom is 0.269 e. The van der Waals surface area contributed by atoms with Gasteiger partial charge in [0.25, 0.3) is 5.91 Å². The van der Waals surface area contributed by atoms with Crippen molar-refractivity contribution in [3.05, 3.63) is 29.8 Å². The lowest BCUT2D eigenvalue weighted by Crippen LogP contribution is -2.25. The third kappa shape index (κ3) is 4.25. The van der Waals surface area contributed by atoms with Crippen molar-refractivity contribution >= 4 is 17.5 Å².